The zero-order chi connectivity index (χ0) is 30.8. The summed E-state index contributed by atoms with van der Waals surface area (Å²) < 4.78 is 29.8. The maximum absolute atomic E-state index is 13.9. The van der Waals surface area contributed by atoms with Crippen LogP contribution in [0.25, 0.3) is 22.5 Å². The number of halogens is 3. The number of hydrazine groups is 1. The van der Waals surface area contributed by atoms with Crippen molar-refractivity contribution in [3.63, 3.8) is 0 Å². The van der Waals surface area contributed by atoms with E-state index >= 15 is 0 Å². The largest absolute Gasteiger partial charge is 0.401 e. The number of nitrogens with two attached hydrogens (primary N) is 2. The first-order valence-electron chi connectivity index (χ1n) is 13.5. The van der Waals surface area contributed by atoms with Crippen LogP contribution in [0, 0.1) is 5.92 Å². The maximum atomic E-state index is 13.9. The number of nitrogens with zero attached hydrogens (tertiary/aromatic N) is 6. The molecule has 0 saturated carbocycles. The Balaban J connectivity index is 1.61. The molecule has 224 valence electrons. The molecule has 11 nitrogen and oxygen atoms in total. The molecule has 2 unspecified atom stereocenters. The number of amides is 1. The van der Waals surface area contributed by atoms with Gasteiger partial charge >= 0.3 is 6.55 Å². The third-order valence-corrected chi connectivity index (χ3v) is 7.46. The van der Waals surface area contributed by atoms with Crippen LogP contribution in [0.2, 0.25) is 5.02 Å². The van der Waals surface area contributed by atoms with Crippen LogP contribution in [0.1, 0.15) is 51.4 Å². The summed E-state index contributed by atoms with van der Waals surface area (Å²) in [7, 11) is 0. The first-order valence-corrected chi connectivity index (χ1v) is 13.9. The summed E-state index contributed by atoms with van der Waals surface area (Å²) in [5.74, 6) is 5.47. The fourth-order valence-electron chi connectivity index (χ4n) is 5.12. The highest BCUT2D eigenvalue weighted by atomic mass is 35.5. The highest BCUT2D eigenvalue weighted by Crippen LogP contribution is 2.35. The molecule has 1 amide bonds. The van der Waals surface area contributed by atoms with E-state index in [1.165, 1.54) is 40.6 Å². The molecule has 0 spiro atoms. The molecule has 5 N–H and O–H groups in total. The fraction of sp³-hybridized carbons (Fsp3) is 0.276. The monoisotopic (exact) mass is 609 g/mol. The lowest BCUT2D eigenvalue weighted by Crippen LogP contribution is -2.28. The molecule has 5 rings (SSSR count). The summed E-state index contributed by atoms with van der Waals surface area (Å²) in [6.45, 7) is 0.511. The van der Waals surface area contributed by atoms with Gasteiger partial charge in [-0.15, -0.1) is 0 Å². The zero-order valence-corrected chi connectivity index (χ0v) is 24.2. The van der Waals surface area contributed by atoms with E-state index in [4.69, 9.17) is 23.2 Å². The number of rotatable bonds is 5. The Morgan fingerprint density at radius 2 is 1.98 bits per heavy atom. The summed E-state index contributed by atoms with van der Waals surface area (Å²) in [5, 5.41) is 8.30. The topological polar surface area (TPSA) is 150 Å². The van der Waals surface area contributed by atoms with Gasteiger partial charge in [-0.05, 0) is 50.1 Å². The number of hydrogen-bond donors (Lipinski definition) is 3. The van der Waals surface area contributed by atoms with Gasteiger partial charge in [-0.2, -0.15) is 13.9 Å². The maximum Gasteiger partial charge on any atom is 0.333 e. The second-order valence-corrected chi connectivity index (χ2v) is 10.8. The average Bonchev–Trinajstić information content (AvgIpc) is 3.38. The van der Waals surface area contributed by atoms with Crippen LogP contribution in [0.4, 0.5) is 20.2 Å². The first kappa shape index (κ1) is 29.9. The predicted octanol–water partition coefficient (Wildman–Crippen LogP) is 5.07. The molecule has 1 aromatic carbocycles. The molecule has 1 aliphatic heterocycles. The second kappa shape index (κ2) is 12.3. The van der Waals surface area contributed by atoms with Crippen molar-refractivity contribution in [2.45, 2.75) is 45.7 Å². The number of hydrogen-bond acceptors (Lipinski definition) is 8. The van der Waals surface area contributed by atoms with Crippen LogP contribution < -0.4 is 27.5 Å². The van der Waals surface area contributed by atoms with Crippen molar-refractivity contribution in [1.82, 2.24) is 24.3 Å². The van der Waals surface area contributed by atoms with Crippen molar-refractivity contribution in [2.24, 2.45) is 17.5 Å². The summed E-state index contributed by atoms with van der Waals surface area (Å²) in [4.78, 5) is 35.6. The molecule has 4 aromatic rings. The van der Waals surface area contributed by atoms with E-state index < -0.39 is 18.5 Å². The highest BCUT2D eigenvalue weighted by molar-refractivity contribution is 6.31. The van der Waals surface area contributed by atoms with Crippen molar-refractivity contribution in [2.75, 3.05) is 10.3 Å². The standard InChI is InChI=1S/C29H30ClF2N9O2/c1-16-4-3-5-25(22-10-18(8-9-35-22)27-23(38-28(16)43)13-37-41(27)29(31)32)39-15-36-21(12-26(39)42)20-11-19(30)6-7-24(20)40(34)14-17(2)33/h6-16,25,29H,3-5,33-34H2,1-2H3,(H,38,43)/b17-14-. The van der Waals surface area contributed by atoms with Crippen LogP contribution >= 0.6 is 11.6 Å². The van der Waals surface area contributed by atoms with Crippen molar-refractivity contribution >= 4 is 28.9 Å². The van der Waals surface area contributed by atoms with E-state index in [1.54, 1.807) is 44.2 Å². The number of fused-ring (bicyclic) bond motifs is 4. The SMILES string of the molecule is C/C(N)=C/N(N)c1ccc(Cl)cc1-c1cc(=O)n(C2CCCC(C)C(=O)Nc3cnn(C(F)F)c3-c3ccnc2c3)cn1. The number of carbonyl (C=O) groups is 1. The van der Waals surface area contributed by atoms with Crippen LogP contribution in [-0.2, 0) is 4.79 Å². The summed E-state index contributed by atoms with van der Waals surface area (Å²) in [6.07, 6.45) is 7.15. The molecule has 0 radical (unpaired) electrons. The minimum atomic E-state index is -2.94. The third kappa shape index (κ3) is 6.27. The van der Waals surface area contributed by atoms with E-state index in [2.05, 4.69) is 20.4 Å². The van der Waals surface area contributed by atoms with Gasteiger partial charge in [0, 0.05) is 46.2 Å². The third-order valence-electron chi connectivity index (χ3n) is 7.22. The van der Waals surface area contributed by atoms with E-state index in [0.29, 0.717) is 62.9 Å². The Morgan fingerprint density at radius 1 is 1.19 bits per heavy atom. The molecule has 2 bridgehead atoms. The molecule has 14 heteroatoms. The van der Waals surface area contributed by atoms with Gasteiger partial charge in [-0.1, -0.05) is 24.9 Å². The lowest BCUT2D eigenvalue weighted by molar-refractivity contribution is -0.119. The highest BCUT2D eigenvalue weighted by Gasteiger charge is 2.26. The lowest BCUT2D eigenvalue weighted by Gasteiger charge is -2.23. The number of benzene rings is 1. The number of alkyl halides is 2. The number of allylic oxidation sites excluding steroid dienone is 1. The van der Waals surface area contributed by atoms with Crippen molar-refractivity contribution in [1.29, 1.82) is 0 Å². The lowest BCUT2D eigenvalue weighted by atomic mass is 9.97. The van der Waals surface area contributed by atoms with E-state index in [1.807, 2.05) is 0 Å². The fourth-order valence-corrected chi connectivity index (χ4v) is 5.29. The predicted molar refractivity (Wildman–Crippen MR) is 160 cm³/mol. The minimum absolute atomic E-state index is 0.0425. The number of nitrogens with one attached hydrogen (secondary N) is 1. The molecular weight excluding hydrogens is 580 g/mol. The molecule has 4 heterocycles. The molecule has 0 fully saturated rings. The van der Waals surface area contributed by atoms with Crippen LogP contribution in [0.5, 0.6) is 0 Å². The first-order chi connectivity index (χ1) is 20.5. The van der Waals surface area contributed by atoms with Gasteiger partial charge in [0.2, 0.25) is 5.91 Å². The Hall–Kier alpha value is -4.62. The molecule has 0 saturated heterocycles. The Bertz CT molecular complexity index is 1750. The van der Waals surface area contributed by atoms with E-state index in [0.717, 1.165) is 0 Å². The van der Waals surface area contributed by atoms with Gasteiger partial charge < -0.3 is 11.1 Å². The molecule has 43 heavy (non-hydrogen) atoms. The Morgan fingerprint density at radius 3 is 2.70 bits per heavy atom. The zero-order valence-electron chi connectivity index (χ0n) is 23.4. The van der Waals surface area contributed by atoms with Gasteiger partial charge in [-0.25, -0.2) is 15.5 Å². The van der Waals surface area contributed by atoms with Gasteiger partial charge in [0.1, 0.15) is 0 Å². The molecule has 1 aliphatic rings. The normalized spacial score (nSPS) is 17.6. The summed E-state index contributed by atoms with van der Waals surface area (Å²) in [5.41, 5.74) is 8.32. The van der Waals surface area contributed by atoms with Crippen molar-refractivity contribution in [3.8, 4) is 22.5 Å². The smallest absolute Gasteiger partial charge is 0.333 e. The number of anilines is 2. The quantitative estimate of drug-likeness (QED) is 0.210. The van der Waals surface area contributed by atoms with Gasteiger partial charge in [0.15, 0.2) is 0 Å². The van der Waals surface area contributed by atoms with E-state index in [-0.39, 0.29) is 22.8 Å². The van der Waals surface area contributed by atoms with Crippen LogP contribution in [0.3, 0.4) is 0 Å². The molecule has 3 aromatic heterocycles. The van der Waals surface area contributed by atoms with Crippen LogP contribution in [-0.4, -0.2) is 30.2 Å². The van der Waals surface area contributed by atoms with Crippen molar-refractivity contribution < 1.29 is 13.6 Å². The van der Waals surface area contributed by atoms with Crippen molar-refractivity contribution in [3.05, 3.63) is 88.1 Å². The van der Waals surface area contributed by atoms with Gasteiger partial charge in [-0.3, -0.25) is 24.1 Å². The second-order valence-electron chi connectivity index (χ2n) is 10.4. The number of aromatic nitrogens is 5. The number of carbonyl (C=O) groups excluding carboxylic acids is 1. The molecule has 2 atom stereocenters. The summed E-state index contributed by atoms with van der Waals surface area (Å²) in [6, 6.07) is 8.98. The Kier molecular flexibility index (Phi) is 8.55. The average molecular weight is 610 g/mol. The Labute approximate surface area is 250 Å². The summed E-state index contributed by atoms with van der Waals surface area (Å²) >= 11 is 6.27. The minimum Gasteiger partial charge on any atom is -0.401 e. The van der Waals surface area contributed by atoms with Gasteiger partial charge in [0.05, 0.1) is 47.0 Å². The molecular formula is C29H30ClF2N9O2. The van der Waals surface area contributed by atoms with E-state index in [9.17, 15) is 18.4 Å². The van der Waals surface area contributed by atoms with Crippen LogP contribution in [0.15, 0.2) is 71.8 Å². The molecule has 0 aliphatic carbocycles. The van der Waals surface area contributed by atoms with Gasteiger partial charge in [0.25, 0.3) is 5.56 Å². The number of pyridine rings is 1.